The van der Waals surface area contributed by atoms with Gasteiger partial charge < -0.3 is 14.2 Å². The Morgan fingerprint density at radius 2 is 2.12 bits per heavy atom. The molecule has 0 N–H and O–H groups in total. The third-order valence-electron chi connectivity index (χ3n) is 3.05. The van der Waals surface area contributed by atoms with Crippen molar-refractivity contribution in [3.8, 4) is 29.7 Å². The second-order valence-corrected chi connectivity index (χ2v) is 4.84. The predicted molar refractivity (Wildman–Crippen MR) is 87.8 cm³/mol. The summed E-state index contributed by atoms with van der Waals surface area (Å²) >= 11 is 0. The highest BCUT2D eigenvalue weighted by Gasteiger charge is 2.20. The number of carbonyl (C=O) groups excluding carboxylic acids is 1. The number of aryl methyl sites for hydroxylation is 1. The predicted octanol–water partition coefficient (Wildman–Crippen LogP) is 2.89. The number of nitro groups is 1. The molecular weight excluding hydrogens is 328 g/mol. The second-order valence-electron chi connectivity index (χ2n) is 4.84. The molecule has 0 bridgehead atoms. The Morgan fingerprint density at radius 3 is 2.76 bits per heavy atom. The zero-order valence-electron chi connectivity index (χ0n) is 13.5. The molecule has 25 heavy (non-hydrogen) atoms. The molecule has 1 aromatic carbocycles. The summed E-state index contributed by atoms with van der Waals surface area (Å²) < 4.78 is 15.5. The van der Waals surface area contributed by atoms with Crippen molar-refractivity contribution >= 4 is 11.7 Å². The van der Waals surface area contributed by atoms with Gasteiger partial charge in [0, 0.05) is 12.3 Å². The van der Waals surface area contributed by atoms with Crippen LogP contribution in [-0.2, 0) is 4.74 Å². The van der Waals surface area contributed by atoms with E-state index in [1.807, 2.05) is 0 Å². The van der Waals surface area contributed by atoms with Gasteiger partial charge in [-0.25, -0.2) is 9.78 Å². The van der Waals surface area contributed by atoms with Crippen molar-refractivity contribution in [2.75, 3.05) is 13.7 Å². The van der Waals surface area contributed by atoms with Gasteiger partial charge in [0.1, 0.15) is 6.61 Å². The van der Waals surface area contributed by atoms with Crippen molar-refractivity contribution in [3.63, 3.8) is 0 Å². The largest absolute Gasteiger partial charge is 0.477 e. The fourth-order valence-electron chi connectivity index (χ4n) is 1.92. The molecule has 0 fully saturated rings. The number of ether oxygens (including phenoxy) is 3. The smallest absolute Gasteiger partial charge is 0.337 e. The molecule has 128 valence electrons. The lowest BCUT2D eigenvalue weighted by atomic mass is 10.2. The standard InChI is InChI=1S/C17H14N2O6/c1-4-7-24-15-9-12(17(20)23-3)5-6-14(15)25-16-13(19(21)22)8-11(2)10-18-16/h1,5-6,8-10H,7H2,2-3H3. The van der Waals surface area contributed by atoms with E-state index in [1.54, 1.807) is 6.92 Å². The van der Waals surface area contributed by atoms with E-state index in [-0.39, 0.29) is 35.2 Å². The summed E-state index contributed by atoms with van der Waals surface area (Å²) in [6, 6.07) is 5.57. The highest BCUT2D eigenvalue weighted by atomic mass is 16.6. The number of carbonyl (C=O) groups is 1. The van der Waals surface area contributed by atoms with Gasteiger partial charge in [0.05, 0.1) is 17.6 Å². The molecule has 0 aliphatic rings. The molecule has 2 rings (SSSR count). The average molecular weight is 342 g/mol. The molecule has 0 spiro atoms. The molecule has 0 aliphatic carbocycles. The minimum atomic E-state index is -0.597. The van der Waals surface area contributed by atoms with Crippen LogP contribution in [-0.4, -0.2) is 29.6 Å². The molecule has 0 unspecified atom stereocenters. The van der Waals surface area contributed by atoms with E-state index in [9.17, 15) is 14.9 Å². The number of rotatable bonds is 6. The SMILES string of the molecule is C#CCOc1cc(C(=O)OC)ccc1Oc1ncc(C)cc1[N+](=O)[O-]. The third kappa shape index (κ3) is 4.23. The van der Waals surface area contributed by atoms with E-state index in [4.69, 9.17) is 15.9 Å². The lowest BCUT2D eigenvalue weighted by Gasteiger charge is -2.12. The first-order chi connectivity index (χ1) is 12.0. The first-order valence-corrected chi connectivity index (χ1v) is 7.03. The number of methoxy groups -OCH3 is 1. The van der Waals surface area contributed by atoms with Crippen LogP contribution >= 0.6 is 0 Å². The summed E-state index contributed by atoms with van der Waals surface area (Å²) in [4.78, 5) is 26.1. The van der Waals surface area contributed by atoms with Crippen LogP contribution < -0.4 is 9.47 Å². The highest BCUT2D eigenvalue weighted by molar-refractivity contribution is 5.90. The monoisotopic (exact) mass is 342 g/mol. The Bertz CT molecular complexity index is 857. The number of pyridine rings is 1. The van der Waals surface area contributed by atoms with E-state index in [0.29, 0.717) is 5.56 Å². The lowest BCUT2D eigenvalue weighted by molar-refractivity contribution is -0.386. The molecule has 0 saturated carbocycles. The number of terminal acetylenes is 1. The highest BCUT2D eigenvalue weighted by Crippen LogP contribution is 2.36. The molecular formula is C17H14N2O6. The summed E-state index contributed by atoms with van der Waals surface area (Å²) in [5.41, 5.74) is 0.539. The Hall–Kier alpha value is -3.60. The number of hydrogen-bond donors (Lipinski definition) is 0. The Kier molecular flexibility index (Phi) is 5.53. The Morgan fingerprint density at radius 1 is 1.36 bits per heavy atom. The van der Waals surface area contributed by atoms with E-state index in [1.165, 1.54) is 37.6 Å². The van der Waals surface area contributed by atoms with Crippen molar-refractivity contribution in [1.29, 1.82) is 0 Å². The van der Waals surface area contributed by atoms with Crippen LogP contribution in [0.25, 0.3) is 0 Å². The molecule has 0 amide bonds. The van der Waals surface area contributed by atoms with Gasteiger partial charge >= 0.3 is 11.7 Å². The Balaban J connectivity index is 2.43. The fourth-order valence-corrected chi connectivity index (χ4v) is 1.92. The van der Waals surface area contributed by atoms with E-state index in [2.05, 4.69) is 15.6 Å². The van der Waals surface area contributed by atoms with Crippen molar-refractivity contribution in [1.82, 2.24) is 4.98 Å². The van der Waals surface area contributed by atoms with Crippen LogP contribution in [0, 0.1) is 29.4 Å². The van der Waals surface area contributed by atoms with E-state index < -0.39 is 10.9 Å². The van der Waals surface area contributed by atoms with Crippen molar-refractivity contribution in [3.05, 3.63) is 51.7 Å². The minimum Gasteiger partial charge on any atom is -0.477 e. The van der Waals surface area contributed by atoms with Gasteiger partial charge in [-0.15, -0.1) is 6.42 Å². The first kappa shape index (κ1) is 17.7. The lowest BCUT2D eigenvalue weighted by Crippen LogP contribution is -2.04. The summed E-state index contributed by atoms with van der Waals surface area (Å²) in [7, 11) is 1.24. The van der Waals surface area contributed by atoms with Gasteiger partial charge in [0.25, 0.3) is 5.88 Å². The quantitative estimate of drug-likeness (QED) is 0.344. The Labute approximate surface area is 143 Å². The first-order valence-electron chi connectivity index (χ1n) is 7.03. The average Bonchev–Trinajstić information content (AvgIpc) is 2.61. The third-order valence-corrected chi connectivity index (χ3v) is 3.05. The maximum absolute atomic E-state index is 11.6. The van der Waals surface area contributed by atoms with E-state index >= 15 is 0 Å². The zero-order chi connectivity index (χ0) is 18.4. The van der Waals surface area contributed by atoms with Gasteiger partial charge in [0.15, 0.2) is 11.5 Å². The van der Waals surface area contributed by atoms with Gasteiger partial charge in [-0.05, 0) is 30.7 Å². The normalized spacial score (nSPS) is 9.80. The summed E-state index contributed by atoms with van der Waals surface area (Å²) in [6.45, 7) is 1.60. The van der Waals surface area contributed by atoms with Crippen molar-refractivity contribution in [2.24, 2.45) is 0 Å². The molecule has 8 nitrogen and oxygen atoms in total. The maximum Gasteiger partial charge on any atom is 0.337 e. The van der Waals surface area contributed by atoms with Gasteiger partial charge in [0.2, 0.25) is 0 Å². The van der Waals surface area contributed by atoms with Crippen LogP contribution in [0.15, 0.2) is 30.5 Å². The topological polar surface area (TPSA) is 101 Å². The van der Waals surface area contributed by atoms with Crippen LogP contribution in [0.4, 0.5) is 5.69 Å². The number of hydrogen-bond acceptors (Lipinski definition) is 7. The van der Waals surface area contributed by atoms with Crippen molar-refractivity contribution in [2.45, 2.75) is 6.92 Å². The van der Waals surface area contributed by atoms with Gasteiger partial charge in [-0.1, -0.05) is 5.92 Å². The van der Waals surface area contributed by atoms with Gasteiger partial charge in [-0.2, -0.15) is 0 Å². The molecule has 0 radical (unpaired) electrons. The fraction of sp³-hybridized carbons (Fsp3) is 0.176. The molecule has 0 aliphatic heterocycles. The second kappa shape index (κ2) is 7.79. The number of aromatic nitrogens is 1. The maximum atomic E-state index is 11.6. The summed E-state index contributed by atoms with van der Waals surface area (Å²) in [5, 5.41) is 11.2. The summed E-state index contributed by atoms with van der Waals surface area (Å²) in [5.74, 6) is 1.78. The molecule has 8 heteroatoms. The zero-order valence-corrected chi connectivity index (χ0v) is 13.5. The van der Waals surface area contributed by atoms with E-state index in [0.717, 1.165) is 0 Å². The van der Waals surface area contributed by atoms with Crippen LogP contribution in [0.5, 0.6) is 17.4 Å². The number of nitrogens with zero attached hydrogens (tertiary/aromatic N) is 2. The van der Waals surface area contributed by atoms with Crippen molar-refractivity contribution < 1.29 is 23.9 Å². The van der Waals surface area contributed by atoms with Crippen LogP contribution in [0.1, 0.15) is 15.9 Å². The number of benzene rings is 1. The molecule has 1 aromatic heterocycles. The molecule has 2 aromatic rings. The van der Waals surface area contributed by atoms with Crippen LogP contribution in [0.2, 0.25) is 0 Å². The van der Waals surface area contributed by atoms with Gasteiger partial charge in [-0.3, -0.25) is 10.1 Å². The molecule has 0 atom stereocenters. The van der Waals surface area contributed by atoms with Crippen LogP contribution in [0.3, 0.4) is 0 Å². The molecule has 0 saturated heterocycles. The molecule has 1 heterocycles. The number of esters is 1. The minimum absolute atomic E-state index is 0.0790. The summed E-state index contributed by atoms with van der Waals surface area (Å²) in [6.07, 6.45) is 6.61.